The van der Waals surface area contributed by atoms with E-state index >= 15 is 0 Å². The molecule has 0 aliphatic rings. The second-order valence-electron chi connectivity index (χ2n) is 3.05. The van der Waals surface area contributed by atoms with E-state index in [-0.39, 0.29) is 17.4 Å². The molecular weight excluding hydrogens is 161 g/mol. The van der Waals surface area contributed by atoms with Crippen LogP contribution in [-0.2, 0) is 0 Å². The summed E-state index contributed by atoms with van der Waals surface area (Å²) in [7, 11) is 0. The molecule has 0 bridgehead atoms. The summed E-state index contributed by atoms with van der Waals surface area (Å²) in [5, 5.41) is 7.44. The van der Waals surface area contributed by atoms with Crippen LogP contribution in [-0.4, -0.2) is 23.6 Å². The first kappa shape index (κ1) is 22.8. The van der Waals surface area contributed by atoms with E-state index in [4.69, 9.17) is 5.41 Å². The molecule has 0 amide bonds. The maximum Gasteiger partial charge on any atom is 3.00 e. The second-order valence-corrected chi connectivity index (χ2v) is 3.05. The summed E-state index contributed by atoms with van der Waals surface area (Å²) in [5.41, 5.74) is 0. The van der Waals surface area contributed by atoms with Crippen molar-refractivity contribution in [3.8, 4) is 0 Å². The summed E-state index contributed by atoms with van der Waals surface area (Å²) in [6, 6.07) is 0. The zero-order valence-electron chi connectivity index (χ0n) is 9.17. The molecule has 70 valence electrons. The molecule has 0 rings (SSSR count). The summed E-state index contributed by atoms with van der Waals surface area (Å²) in [6.45, 7) is 17.1. The number of hydrogen-bond donors (Lipinski definition) is 0. The molecule has 0 aromatic heterocycles. The molecule has 0 aliphatic heterocycles. The zero-order valence-corrected chi connectivity index (χ0v) is 10.3. The van der Waals surface area contributed by atoms with Crippen LogP contribution in [0.2, 0.25) is 0 Å². The summed E-state index contributed by atoms with van der Waals surface area (Å²) < 4.78 is 0. The first-order valence-electron chi connectivity index (χ1n) is 3.96. The molecule has 12 heavy (non-hydrogen) atoms. The van der Waals surface area contributed by atoms with E-state index in [2.05, 4.69) is 41.5 Å². The minimum absolute atomic E-state index is 0. The fourth-order valence-corrected chi connectivity index (χ4v) is 0. The van der Waals surface area contributed by atoms with Gasteiger partial charge in [0.1, 0.15) is 0 Å². The Morgan fingerprint density at radius 1 is 1.00 bits per heavy atom. The molecule has 0 fully saturated rings. The van der Waals surface area contributed by atoms with Crippen LogP contribution in [0.4, 0.5) is 0 Å². The first-order valence-corrected chi connectivity index (χ1v) is 3.96. The van der Waals surface area contributed by atoms with Crippen molar-refractivity contribution in [3.05, 3.63) is 19.3 Å². The van der Waals surface area contributed by atoms with Crippen LogP contribution in [0.3, 0.4) is 0 Å². The maximum atomic E-state index is 7.44. The molecule has 0 aromatic carbocycles. The Balaban J connectivity index is -0.0000000389. The van der Waals surface area contributed by atoms with Gasteiger partial charge in [-0.05, 0) is 0 Å². The summed E-state index contributed by atoms with van der Waals surface area (Å²) in [6.07, 6.45) is 1.00. The van der Waals surface area contributed by atoms with Gasteiger partial charge in [0.25, 0.3) is 0 Å². The Labute approximate surface area is 89.6 Å². The average molecular weight is 183 g/mol. The van der Waals surface area contributed by atoms with Gasteiger partial charge in [-0.25, -0.2) is 6.21 Å². The molecule has 0 aromatic rings. The van der Waals surface area contributed by atoms with E-state index in [9.17, 15) is 0 Å². The Kier molecular flexibility index (Phi) is 42.6. The van der Waals surface area contributed by atoms with Crippen LogP contribution in [0.15, 0.2) is 0 Å². The van der Waals surface area contributed by atoms with Gasteiger partial charge in [0.05, 0.1) is 0 Å². The molecule has 0 aliphatic carbocycles. The topological polar surface area (TPSA) is 22.3 Å². The second kappa shape index (κ2) is 22.5. The van der Waals surface area contributed by atoms with Crippen molar-refractivity contribution in [2.75, 3.05) is 0 Å². The monoisotopic (exact) mass is 183 g/mol. The number of rotatable bonds is 0. The molecule has 0 saturated carbocycles. The Morgan fingerprint density at radius 3 is 1.00 bits per heavy atom. The van der Waals surface area contributed by atoms with E-state index in [1.165, 1.54) is 0 Å². The van der Waals surface area contributed by atoms with E-state index in [1.54, 1.807) is 6.92 Å². The van der Waals surface area contributed by atoms with Crippen LogP contribution >= 0.6 is 0 Å². The smallest absolute Gasteiger partial charge is 0.814 e. The van der Waals surface area contributed by atoms with Gasteiger partial charge < -0.3 is 19.3 Å². The fraction of sp³-hybridized carbons (Fsp3) is 0.700. The Hall–Kier alpha value is 0.202. The first-order chi connectivity index (χ1) is 4.88. The van der Waals surface area contributed by atoms with Crippen LogP contribution in [0.5, 0.6) is 0 Å². The van der Waals surface area contributed by atoms with Gasteiger partial charge in [0, 0.05) is 0 Å². The summed E-state index contributed by atoms with van der Waals surface area (Å²) in [4.78, 5) is 0. The predicted molar refractivity (Wildman–Crippen MR) is 61.2 cm³/mol. The fourth-order valence-electron chi connectivity index (χ4n) is 0. The third-order valence-corrected chi connectivity index (χ3v) is 0. The van der Waals surface area contributed by atoms with Gasteiger partial charge in [-0.15, -0.1) is 0 Å². The number of nitrogens with zero attached hydrogens (tertiary/aromatic N) is 1. The molecule has 0 saturated heterocycles. The molecular formula is C10H22AlN. The normalized spacial score (nSPS) is 7.08. The summed E-state index contributed by atoms with van der Waals surface area (Å²) in [5.74, 6) is 1.17. The SMILES string of the molecule is CC=[N-].[Al+3].[CH2-]C(C)C.[CH2-]C(C)C. The van der Waals surface area contributed by atoms with Gasteiger partial charge in [-0.2, -0.15) is 11.8 Å². The van der Waals surface area contributed by atoms with Crippen LogP contribution in [0, 0.1) is 25.7 Å². The maximum absolute atomic E-state index is 7.44. The molecule has 0 atom stereocenters. The minimum Gasteiger partial charge on any atom is -0.814 e. The molecule has 0 unspecified atom stereocenters. The largest absolute Gasteiger partial charge is 3.00 e. The Morgan fingerprint density at radius 2 is 1.00 bits per heavy atom. The van der Waals surface area contributed by atoms with E-state index in [0.29, 0.717) is 11.8 Å². The number of hydrogen-bond acceptors (Lipinski definition) is 0. The molecule has 0 spiro atoms. The van der Waals surface area contributed by atoms with E-state index in [1.807, 2.05) is 0 Å². The quantitative estimate of drug-likeness (QED) is 0.312. The molecule has 0 N–H and O–H groups in total. The third kappa shape index (κ3) is 21100. The molecule has 0 heterocycles. The van der Waals surface area contributed by atoms with Crippen molar-refractivity contribution in [3.63, 3.8) is 0 Å². The van der Waals surface area contributed by atoms with Crippen molar-refractivity contribution in [2.45, 2.75) is 34.6 Å². The molecule has 2 heteroatoms. The molecule has 0 radical (unpaired) electrons. The average Bonchev–Trinajstić information content (AvgIpc) is 1.60. The third-order valence-electron chi connectivity index (χ3n) is 0. The van der Waals surface area contributed by atoms with Crippen molar-refractivity contribution in [2.24, 2.45) is 11.8 Å². The van der Waals surface area contributed by atoms with Crippen LogP contribution in [0.1, 0.15) is 34.6 Å². The van der Waals surface area contributed by atoms with Gasteiger partial charge in [0.15, 0.2) is 0 Å². The van der Waals surface area contributed by atoms with Gasteiger partial charge in [0.2, 0.25) is 0 Å². The van der Waals surface area contributed by atoms with Crippen molar-refractivity contribution in [1.82, 2.24) is 0 Å². The van der Waals surface area contributed by atoms with E-state index in [0.717, 1.165) is 6.21 Å². The van der Waals surface area contributed by atoms with Gasteiger partial charge >= 0.3 is 17.4 Å². The molecule has 1 nitrogen and oxygen atoms in total. The van der Waals surface area contributed by atoms with Crippen LogP contribution < -0.4 is 0 Å². The summed E-state index contributed by atoms with van der Waals surface area (Å²) >= 11 is 0. The van der Waals surface area contributed by atoms with Gasteiger partial charge in [-0.1, -0.05) is 34.6 Å². The zero-order chi connectivity index (χ0) is 9.86. The van der Waals surface area contributed by atoms with Crippen molar-refractivity contribution in [1.29, 1.82) is 0 Å². The van der Waals surface area contributed by atoms with Crippen molar-refractivity contribution >= 4 is 23.6 Å². The standard InChI is InChI=1S/2C4H9.C2H4N.Al/c2*1-4(2)3;1-2-3;/h2*4H,1H2,2-3H3;2H,1H3;/q3*-1;+3. The van der Waals surface area contributed by atoms with Crippen molar-refractivity contribution < 1.29 is 0 Å². The predicted octanol–water partition coefficient (Wildman–Crippen LogP) is 3.22. The van der Waals surface area contributed by atoms with Gasteiger partial charge in [-0.3, -0.25) is 0 Å². The minimum atomic E-state index is 0. The Bertz CT molecular complexity index is 49.3. The van der Waals surface area contributed by atoms with Crippen LogP contribution in [0.25, 0.3) is 5.41 Å². The van der Waals surface area contributed by atoms with E-state index < -0.39 is 0 Å².